The molecule has 2 heteroatoms. The van der Waals surface area contributed by atoms with E-state index >= 15 is 0 Å². The zero-order chi connectivity index (χ0) is 9.56. The standard InChI is InChI=1S/C6H12O.C4H10O/c1-3-5-6(4-2)7-5;1-3-4(2)5/h5-6H,3-4H2,1-2H3;4-5H,3H2,1-2H3. The molecule has 2 nitrogen and oxygen atoms in total. The Bertz CT molecular complexity index is 94.0. The molecule has 1 fully saturated rings. The summed E-state index contributed by atoms with van der Waals surface area (Å²) in [4.78, 5) is 0. The minimum absolute atomic E-state index is 0.116. The highest BCUT2D eigenvalue weighted by Gasteiger charge is 2.34. The van der Waals surface area contributed by atoms with Crippen molar-refractivity contribution in [2.45, 2.75) is 65.3 Å². The summed E-state index contributed by atoms with van der Waals surface area (Å²) in [5.74, 6) is 0. The summed E-state index contributed by atoms with van der Waals surface area (Å²) in [6.45, 7) is 8.06. The summed E-state index contributed by atoms with van der Waals surface area (Å²) in [5, 5.41) is 8.36. The maximum absolute atomic E-state index is 8.36. The van der Waals surface area contributed by atoms with Crippen LogP contribution in [-0.4, -0.2) is 23.4 Å². The molecule has 0 aromatic heterocycles. The molecule has 0 amide bonds. The van der Waals surface area contributed by atoms with E-state index in [-0.39, 0.29) is 6.10 Å². The summed E-state index contributed by atoms with van der Waals surface area (Å²) in [6, 6.07) is 0. The van der Waals surface area contributed by atoms with E-state index in [0.29, 0.717) is 12.2 Å². The lowest BCUT2D eigenvalue weighted by atomic mass is 10.2. The lowest BCUT2D eigenvalue weighted by molar-refractivity contribution is 0.191. The molecule has 0 aliphatic carbocycles. The van der Waals surface area contributed by atoms with E-state index in [9.17, 15) is 0 Å². The van der Waals surface area contributed by atoms with Gasteiger partial charge in [0.15, 0.2) is 0 Å². The van der Waals surface area contributed by atoms with Crippen LogP contribution in [0.4, 0.5) is 0 Å². The van der Waals surface area contributed by atoms with Crippen molar-refractivity contribution in [3.8, 4) is 0 Å². The number of rotatable bonds is 3. The first-order valence-corrected chi connectivity index (χ1v) is 4.99. The molecule has 0 spiro atoms. The highest BCUT2D eigenvalue weighted by molar-refractivity contribution is 4.81. The molecule has 12 heavy (non-hydrogen) atoms. The third-order valence-corrected chi connectivity index (χ3v) is 2.08. The van der Waals surface area contributed by atoms with Crippen LogP contribution in [-0.2, 0) is 4.74 Å². The van der Waals surface area contributed by atoms with E-state index in [1.165, 1.54) is 12.8 Å². The van der Waals surface area contributed by atoms with Crippen LogP contribution in [0.15, 0.2) is 0 Å². The minimum Gasteiger partial charge on any atom is -0.393 e. The van der Waals surface area contributed by atoms with Gasteiger partial charge in [0, 0.05) is 0 Å². The Morgan fingerprint density at radius 1 is 1.17 bits per heavy atom. The molecule has 0 radical (unpaired) electrons. The predicted octanol–water partition coefficient (Wildman–Crippen LogP) is 2.35. The first kappa shape index (κ1) is 11.9. The van der Waals surface area contributed by atoms with Crippen molar-refractivity contribution in [1.29, 1.82) is 0 Å². The summed E-state index contributed by atoms with van der Waals surface area (Å²) < 4.78 is 5.22. The molecule has 1 saturated heterocycles. The normalized spacial score (nSPS) is 28.8. The quantitative estimate of drug-likeness (QED) is 0.666. The Kier molecular flexibility index (Phi) is 6.39. The van der Waals surface area contributed by atoms with E-state index in [1.807, 2.05) is 6.92 Å². The largest absolute Gasteiger partial charge is 0.393 e. The smallest absolute Gasteiger partial charge is 0.0839 e. The van der Waals surface area contributed by atoms with Crippen LogP contribution in [0.1, 0.15) is 47.0 Å². The van der Waals surface area contributed by atoms with E-state index in [1.54, 1.807) is 6.92 Å². The fourth-order valence-electron chi connectivity index (χ4n) is 0.897. The molecular weight excluding hydrogens is 152 g/mol. The molecule has 1 heterocycles. The van der Waals surface area contributed by atoms with Gasteiger partial charge in [0.05, 0.1) is 18.3 Å². The molecule has 3 atom stereocenters. The van der Waals surface area contributed by atoms with Gasteiger partial charge in [0.2, 0.25) is 0 Å². The van der Waals surface area contributed by atoms with Crippen molar-refractivity contribution in [3.05, 3.63) is 0 Å². The number of aliphatic hydroxyl groups is 1. The van der Waals surface area contributed by atoms with Crippen LogP contribution in [0.2, 0.25) is 0 Å². The number of aliphatic hydroxyl groups excluding tert-OH is 1. The van der Waals surface area contributed by atoms with Crippen molar-refractivity contribution < 1.29 is 9.84 Å². The average Bonchev–Trinajstić information content (AvgIpc) is 2.83. The average molecular weight is 174 g/mol. The minimum atomic E-state index is -0.116. The van der Waals surface area contributed by atoms with E-state index in [4.69, 9.17) is 9.84 Å². The summed E-state index contributed by atoms with van der Waals surface area (Å²) in [6.07, 6.45) is 4.36. The molecule has 0 aromatic rings. The van der Waals surface area contributed by atoms with Crippen LogP contribution in [0.5, 0.6) is 0 Å². The lowest BCUT2D eigenvalue weighted by Gasteiger charge is -1.90. The van der Waals surface area contributed by atoms with Gasteiger partial charge in [-0.15, -0.1) is 0 Å². The Hall–Kier alpha value is -0.0800. The molecule has 0 aromatic carbocycles. The fourth-order valence-corrected chi connectivity index (χ4v) is 0.897. The third-order valence-electron chi connectivity index (χ3n) is 2.08. The van der Waals surface area contributed by atoms with Gasteiger partial charge in [-0.2, -0.15) is 0 Å². The van der Waals surface area contributed by atoms with Gasteiger partial charge in [-0.25, -0.2) is 0 Å². The van der Waals surface area contributed by atoms with Gasteiger partial charge >= 0.3 is 0 Å². The van der Waals surface area contributed by atoms with Crippen molar-refractivity contribution in [1.82, 2.24) is 0 Å². The Morgan fingerprint density at radius 2 is 1.50 bits per heavy atom. The van der Waals surface area contributed by atoms with E-state index < -0.39 is 0 Å². The molecule has 1 rings (SSSR count). The zero-order valence-corrected chi connectivity index (χ0v) is 8.71. The molecule has 0 saturated carbocycles. The Balaban J connectivity index is 0.000000217. The maximum atomic E-state index is 8.36. The number of epoxide rings is 1. The van der Waals surface area contributed by atoms with Crippen LogP contribution in [0, 0.1) is 0 Å². The fraction of sp³-hybridized carbons (Fsp3) is 1.00. The lowest BCUT2D eigenvalue weighted by Crippen LogP contribution is -1.93. The number of ether oxygens (including phenoxy) is 1. The van der Waals surface area contributed by atoms with Gasteiger partial charge in [-0.3, -0.25) is 0 Å². The van der Waals surface area contributed by atoms with Crippen LogP contribution >= 0.6 is 0 Å². The van der Waals surface area contributed by atoms with Gasteiger partial charge in [0.1, 0.15) is 0 Å². The van der Waals surface area contributed by atoms with Crippen molar-refractivity contribution in [2.24, 2.45) is 0 Å². The second-order valence-corrected chi connectivity index (χ2v) is 3.29. The first-order valence-electron chi connectivity index (χ1n) is 4.99. The third kappa shape index (κ3) is 5.56. The maximum Gasteiger partial charge on any atom is 0.0839 e. The molecule has 1 aliphatic heterocycles. The Labute approximate surface area is 75.9 Å². The second kappa shape index (κ2) is 6.44. The predicted molar refractivity (Wildman–Crippen MR) is 51.2 cm³/mol. The second-order valence-electron chi connectivity index (χ2n) is 3.29. The van der Waals surface area contributed by atoms with Gasteiger partial charge in [0.25, 0.3) is 0 Å². The molecule has 0 bridgehead atoms. The van der Waals surface area contributed by atoms with Crippen LogP contribution in [0.25, 0.3) is 0 Å². The monoisotopic (exact) mass is 174 g/mol. The van der Waals surface area contributed by atoms with E-state index in [2.05, 4.69) is 13.8 Å². The SMILES string of the molecule is CCC(C)O.CCC1OC1CC. The van der Waals surface area contributed by atoms with Crippen molar-refractivity contribution >= 4 is 0 Å². The topological polar surface area (TPSA) is 32.8 Å². The van der Waals surface area contributed by atoms with Gasteiger partial charge in [-0.05, 0) is 26.2 Å². The van der Waals surface area contributed by atoms with Gasteiger partial charge in [-0.1, -0.05) is 20.8 Å². The number of hydrogen-bond donors (Lipinski definition) is 1. The molecule has 1 aliphatic rings. The molecule has 74 valence electrons. The molecular formula is C10H22O2. The summed E-state index contributed by atoms with van der Waals surface area (Å²) >= 11 is 0. The van der Waals surface area contributed by atoms with Crippen LogP contribution in [0.3, 0.4) is 0 Å². The van der Waals surface area contributed by atoms with Crippen molar-refractivity contribution in [2.75, 3.05) is 0 Å². The highest BCUT2D eigenvalue weighted by Crippen LogP contribution is 2.26. The van der Waals surface area contributed by atoms with Crippen molar-refractivity contribution in [3.63, 3.8) is 0 Å². The molecule has 3 unspecified atom stereocenters. The summed E-state index contributed by atoms with van der Waals surface area (Å²) in [5.41, 5.74) is 0. The Morgan fingerprint density at radius 3 is 1.58 bits per heavy atom. The van der Waals surface area contributed by atoms with Gasteiger partial charge < -0.3 is 9.84 Å². The number of hydrogen-bond acceptors (Lipinski definition) is 2. The van der Waals surface area contributed by atoms with Crippen LogP contribution < -0.4 is 0 Å². The molecule has 1 N–H and O–H groups in total. The zero-order valence-electron chi connectivity index (χ0n) is 8.71. The van der Waals surface area contributed by atoms with E-state index in [0.717, 1.165) is 6.42 Å². The first-order chi connectivity index (χ1) is 5.65. The highest BCUT2D eigenvalue weighted by atomic mass is 16.6. The summed E-state index contributed by atoms with van der Waals surface area (Å²) in [7, 11) is 0.